The number of ketones is 1. The largest absolute Gasteiger partial charge is 0.497 e. The van der Waals surface area contributed by atoms with Gasteiger partial charge in [-0.2, -0.15) is 0 Å². The molecule has 0 aliphatic rings. The molecule has 0 spiro atoms. The number of aryl methyl sites for hydroxylation is 1. The van der Waals surface area contributed by atoms with E-state index in [2.05, 4.69) is 0 Å². The fraction of sp³-hybridized carbons (Fsp3) is 0.167. The minimum Gasteiger partial charge on any atom is -0.497 e. The lowest BCUT2D eigenvalue weighted by molar-refractivity contribution is 0.0985. The zero-order valence-corrected chi connectivity index (χ0v) is 18.4. The van der Waals surface area contributed by atoms with Gasteiger partial charge in [-0.05, 0) is 54.8 Å². The summed E-state index contributed by atoms with van der Waals surface area (Å²) in [6.07, 6.45) is 1.26. The maximum atomic E-state index is 13.9. The average Bonchev–Trinajstić information content (AvgIpc) is 3.11. The number of halogens is 2. The van der Waals surface area contributed by atoms with Gasteiger partial charge in [0.05, 0.1) is 23.4 Å². The van der Waals surface area contributed by atoms with Gasteiger partial charge >= 0.3 is 0 Å². The fourth-order valence-corrected chi connectivity index (χ4v) is 4.64. The van der Waals surface area contributed by atoms with Crippen LogP contribution in [-0.4, -0.2) is 17.9 Å². The smallest absolute Gasteiger partial charge is 0.174 e. The van der Waals surface area contributed by atoms with Gasteiger partial charge < -0.3 is 10.5 Å². The number of nitrogens with two attached hydrogens (primary N) is 1. The van der Waals surface area contributed by atoms with E-state index in [9.17, 15) is 9.18 Å². The molecule has 2 aromatic heterocycles. The SMILES string of the molecule is COc1cccc(-c2ccc3c(N)c(C(=O)CCCc4ccc(Cl)cc4F)sc3n2)c1. The summed E-state index contributed by atoms with van der Waals surface area (Å²) in [6.45, 7) is 0. The number of benzene rings is 2. The van der Waals surface area contributed by atoms with Crippen LogP contribution < -0.4 is 10.5 Å². The molecule has 2 N–H and O–H groups in total. The highest BCUT2D eigenvalue weighted by atomic mass is 35.5. The van der Waals surface area contributed by atoms with E-state index in [4.69, 9.17) is 27.1 Å². The van der Waals surface area contributed by atoms with Crippen LogP contribution in [0.4, 0.5) is 10.1 Å². The number of hydrogen-bond donors (Lipinski definition) is 1. The van der Waals surface area contributed by atoms with Crippen LogP contribution in [0.15, 0.2) is 54.6 Å². The van der Waals surface area contributed by atoms with Crippen molar-refractivity contribution in [2.75, 3.05) is 12.8 Å². The number of nitrogen functional groups attached to an aromatic ring is 1. The fourth-order valence-electron chi connectivity index (χ4n) is 3.42. The Hall–Kier alpha value is -2.96. The van der Waals surface area contributed by atoms with Crippen molar-refractivity contribution in [3.05, 3.63) is 75.9 Å². The molecule has 2 heterocycles. The monoisotopic (exact) mass is 454 g/mol. The lowest BCUT2D eigenvalue weighted by Gasteiger charge is -2.04. The van der Waals surface area contributed by atoms with Gasteiger partial charge in [0.2, 0.25) is 0 Å². The van der Waals surface area contributed by atoms with Gasteiger partial charge in [-0.1, -0.05) is 29.8 Å². The summed E-state index contributed by atoms with van der Waals surface area (Å²) in [6, 6.07) is 16.0. The molecule has 0 aliphatic heterocycles. The van der Waals surface area contributed by atoms with Crippen LogP contribution in [0.3, 0.4) is 0 Å². The number of anilines is 1. The highest BCUT2D eigenvalue weighted by Gasteiger charge is 2.18. The lowest BCUT2D eigenvalue weighted by atomic mass is 10.0. The third kappa shape index (κ3) is 4.55. The average molecular weight is 455 g/mol. The van der Waals surface area contributed by atoms with E-state index < -0.39 is 0 Å². The molecule has 4 rings (SSSR count). The van der Waals surface area contributed by atoms with E-state index in [1.165, 1.54) is 17.4 Å². The zero-order chi connectivity index (χ0) is 22.0. The van der Waals surface area contributed by atoms with E-state index in [1.807, 2.05) is 36.4 Å². The van der Waals surface area contributed by atoms with Crippen LogP contribution in [0.25, 0.3) is 21.5 Å². The Morgan fingerprint density at radius 1 is 1.19 bits per heavy atom. The number of carbonyl (C=O) groups excluding carboxylic acids is 1. The van der Waals surface area contributed by atoms with Crippen molar-refractivity contribution in [3.8, 4) is 17.0 Å². The molecule has 0 aliphatic carbocycles. The molecule has 0 bridgehead atoms. The molecular weight excluding hydrogens is 435 g/mol. The van der Waals surface area contributed by atoms with Gasteiger partial charge in [-0.15, -0.1) is 11.3 Å². The minimum atomic E-state index is -0.351. The highest BCUT2D eigenvalue weighted by Crippen LogP contribution is 2.35. The van der Waals surface area contributed by atoms with Gasteiger partial charge in [0.15, 0.2) is 5.78 Å². The second kappa shape index (κ2) is 9.04. The number of methoxy groups -OCH3 is 1. The minimum absolute atomic E-state index is 0.0576. The molecule has 4 aromatic rings. The lowest BCUT2D eigenvalue weighted by Crippen LogP contribution is -2.01. The molecule has 0 saturated heterocycles. The Morgan fingerprint density at radius 3 is 2.81 bits per heavy atom. The molecule has 7 heteroatoms. The first-order valence-electron chi connectivity index (χ1n) is 9.77. The molecule has 0 atom stereocenters. The number of ether oxygens (including phenoxy) is 1. The van der Waals surface area contributed by atoms with Crippen molar-refractivity contribution in [1.82, 2.24) is 4.98 Å². The van der Waals surface area contributed by atoms with E-state index in [0.717, 1.165) is 22.4 Å². The maximum absolute atomic E-state index is 13.9. The molecule has 158 valence electrons. The predicted molar refractivity (Wildman–Crippen MR) is 125 cm³/mol. The molecule has 0 radical (unpaired) electrons. The summed E-state index contributed by atoms with van der Waals surface area (Å²) < 4.78 is 19.2. The number of carbonyl (C=O) groups is 1. The van der Waals surface area contributed by atoms with Gasteiger partial charge in [0.25, 0.3) is 0 Å². The number of thiophene rings is 1. The first-order valence-corrected chi connectivity index (χ1v) is 11.0. The first-order chi connectivity index (χ1) is 15.0. The normalized spacial score (nSPS) is 11.1. The summed E-state index contributed by atoms with van der Waals surface area (Å²) >= 11 is 7.08. The molecule has 0 amide bonds. The summed E-state index contributed by atoms with van der Waals surface area (Å²) in [7, 11) is 1.62. The van der Waals surface area contributed by atoms with Crippen molar-refractivity contribution < 1.29 is 13.9 Å². The van der Waals surface area contributed by atoms with Crippen molar-refractivity contribution >= 4 is 44.6 Å². The summed E-state index contributed by atoms with van der Waals surface area (Å²) in [4.78, 5) is 18.7. The summed E-state index contributed by atoms with van der Waals surface area (Å²) in [5.74, 6) is 0.339. The highest BCUT2D eigenvalue weighted by molar-refractivity contribution is 7.21. The summed E-state index contributed by atoms with van der Waals surface area (Å²) in [5, 5.41) is 1.12. The maximum Gasteiger partial charge on any atom is 0.174 e. The standard InChI is InChI=1S/C24H20ClFN2O2S/c1-30-17-6-2-5-15(12-17)20-11-10-18-22(27)23(31-24(18)28-20)21(29)7-3-4-14-8-9-16(25)13-19(14)26/h2,5-6,8-13H,3-4,7,27H2,1H3. The molecule has 31 heavy (non-hydrogen) atoms. The number of Topliss-reactive ketones (excluding diaryl/α,β-unsaturated/α-hetero) is 1. The van der Waals surface area contributed by atoms with E-state index >= 15 is 0 Å². The number of fused-ring (bicyclic) bond motifs is 1. The third-order valence-electron chi connectivity index (χ3n) is 5.08. The zero-order valence-electron chi connectivity index (χ0n) is 16.8. The van der Waals surface area contributed by atoms with Crippen molar-refractivity contribution in [2.24, 2.45) is 0 Å². The third-order valence-corrected chi connectivity index (χ3v) is 6.47. The Labute approximate surface area is 188 Å². The van der Waals surface area contributed by atoms with Crippen LogP contribution in [-0.2, 0) is 6.42 Å². The van der Waals surface area contributed by atoms with Crippen molar-refractivity contribution in [2.45, 2.75) is 19.3 Å². The number of pyridine rings is 1. The van der Waals surface area contributed by atoms with E-state index in [1.54, 1.807) is 19.2 Å². The van der Waals surface area contributed by atoms with Crippen molar-refractivity contribution in [3.63, 3.8) is 0 Å². The molecule has 0 fully saturated rings. The Morgan fingerprint density at radius 2 is 2.03 bits per heavy atom. The quantitative estimate of drug-likeness (QED) is 0.321. The van der Waals surface area contributed by atoms with Gasteiger partial charge in [0, 0.05) is 22.4 Å². The first kappa shape index (κ1) is 21.3. The Bertz CT molecular complexity index is 1270. The Kier molecular flexibility index (Phi) is 6.20. The second-order valence-electron chi connectivity index (χ2n) is 7.14. The van der Waals surface area contributed by atoms with Crippen LogP contribution in [0, 0.1) is 5.82 Å². The van der Waals surface area contributed by atoms with E-state index in [0.29, 0.717) is 38.8 Å². The second-order valence-corrected chi connectivity index (χ2v) is 8.57. The molecule has 0 saturated carbocycles. The van der Waals surface area contributed by atoms with Crippen molar-refractivity contribution in [1.29, 1.82) is 0 Å². The van der Waals surface area contributed by atoms with E-state index in [-0.39, 0.29) is 18.0 Å². The number of nitrogens with zero attached hydrogens (tertiary/aromatic N) is 1. The van der Waals surface area contributed by atoms with Gasteiger partial charge in [0.1, 0.15) is 16.4 Å². The number of rotatable bonds is 7. The van der Waals surface area contributed by atoms with Gasteiger partial charge in [-0.25, -0.2) is 9.37 Å². The Balaban J connectivity index is 1.52. The van der Waals surface area contributed by atoms with Crippen LogP contribution >= 0.6 is 22.9 Å². The molecule has 0 unspecified atom stereocenters. The summed E-state index contributed by atoms with van der Waals surface area (Å²) in [5.41, 5.74) is 8.96. The number of aromatic nitrogens is 1. The topological polar surface area (TPSA) is 65.2 Å². The van der Waals surface area contributed by atoms with Crippen LogP contribution in [0.1, 0.15) is 28.1 Å². The molecule has 4 nitrogen and oxygen atoms in total. The molecule has 2 aromatic carbocycles. The molecular formula is C24H20ClFN2O2S. The van der Waals surface area contributed by atoms with Crippen LogP contribution in [0.5, 0.6) is 5.75 Å². The van der Waals surface area contributed by atoms with Crippen LogP contribution in [0.2, 0.25) is 5.02 Å². The predicted octanol–water partition coefficient (Wildman–Crippen LogP) is 6.55. The van der Waals surface area contributed by atoms with Gasteiger partial charge in [-0.3, -0.25) is 4.79 Å². The number of hydrogen-bond acceptors (Lipinski definition) is 5.